The summed E-state index contributed by atoms with van der Waals surface area (Å²) in [7, 11) is 2.15. The normalized spacial score (nSPS) is 12.3. The Morgan fingerprint density at radius 1 is 1.15 bits per heavy atom. The van der Waals surface area contributed by atoms with Crippen LogP contribution in [0, 0.1) is 0 Å². The molecule has 1 atom stereocenters. The summed E-state index contributed by atoms with van der Waals surface area (Å²) in [5.41, 5.74) is 2.65. The third-order valence-electron chi connectivity index (χ3n) is 3.57. The molecule has 1 N–H and O–H groups in total. The standard InChI is InChI=1S/C17H24N2S/c1-4-17(18-5-2)14-8-10-15(11-9-14)19(3)13-16-7-6-12-20-16/h6-12,17-18H,4-5,13H2,1-3H3. The molecule has 20 heavy (non-hydrogen) atoms. The van der Waals surface area contributed by atoms with Crippen LogP contribution in [0.4, 0.5) is 5.69 Å². The number of hydrogen-bond donors (Lipinski definition) is 1. The molecular formula is C17H24N2S. The zero-order valence-electron chi connectivity index (χ0n) is 12.6. The largest absolute Gasteiger partial charge is 0.369 e. The Labute approximate surface area is 126 Å². The van der Waals surface area contributed by atoms with Crippen molar-refractivity contribution in [2.24, 2.45) is 0 Å². The van der Waals surface area contributed by atoms with E-state index < -0.39 is 0 Å². The van der Waals surface area contributed by atoms with Gasteiger partial charge in [0.2, 0.25) is 0 Å². The minimum atomic E-state index is 0.469. The van der Waals surface area contributed by atoms with Gasteiger partial charge in [0.15, 0.2) is 0 Å². The Balaban J connectivity index is 2.03. The van der Waals surface area contributed by atoms with Crippen LogP contribution in [0.5, 0.6) is 0 Å². The molecule has 0 fully saturated rings. The lowest BCUT2D eigenvalue weighted by Crippen LogP contribution is -2.20. The maximum absolute atomic E-state index is 3.52. The highest BCUT2D eigenvalue weighted by atomic mass is 32.1. The molecule has 2 nitrogen and oxygen atoms in total. The first-order valence-corrected chi connectivity index (χ1v) is 8.19. The van der Waals surface area contributed by atoms with E-state index in [4.69, 9.17) is 0 Å². The summed E-state index contributed by atoms with van der Waals surface area (Å²) < 4.78 is 0. The summed E-state index contributed by atoms with van der Waals surface area (Å²) in [5, 5.41) is 5.66. The average Bonchev–Trinajstić information content (AvgIpc) is 2.98. The van der Waals surface area contributed by atoms with Gasteiger partial charge in [-0.2, -0.15) is 0 Å². The van der Waals surface area contributed by atoms with Crippen molar-refractivity contribution >= 4 is 17.0 Å². The predicted octanol–water partition coefficient (Wildman–Crippen LogP) is 4.45. The Kier molecular flexibility index (Phi) is 5.62. The van der Waals surface area contributed by atoms with E-state index >= 15 is 0 Å². The van der Waals surface area contributed by atoms with Gasteiger partial charge in [-0.05, 0) is 42.1 Å². The Morgan fingerprint density at radius 3 is 2.45 bits per heavy atom. The van der Waals surface area contributed by atoms with Crippen molar-refractivity contribution in [3.05, 3.63) is 52.2 Å². The second-order valence-corrected chi connectivity index (χ2v) is 6.08. The van der Waals surface area contributed by atoms with Crippen molar-refractivity contribution in [2.45, 2.75) is 32.9 Å². The van der Waals surface area contributed by atoms with Crippen LogP contribution in [0.2, 0.25) is 0 Å². The Bertz CT molecular complexity index is 490. The highest BCUT2D eigenvalue weighted by molar-refractivity contribution is 7.09. The van der Waals surface area contributed by atoms with E-state index in [1.807, 2.05) is 11.3 Å². The number of rotatable bonds is 7. The van der Waals surface area contributed by atoms with E-state index in [0.717, 1.165) is 19.5 Å². The minimum Gasteiger partial charge on any atom is -0.369 e. The van der Waals surface area contributed by atoms with Crippen LogP contribution >= 0.6 is 11.3 Å². The third-order valence-corrected chi connectivity index (χ3v) is 4.43. The molecule has 1 aromatic heterocycles. The fraction of sp³-hybridized carbons (Fsp3) is 0.412. The first-order valence-electron chi connectivity index (χ1n) is 7.31. The average molecular weight is 288 g/mol. The highest BCUT2D eigenvalue weighted by Gasteiger charge is 2.08. The molecule has 0 aliphatic heterocycles. The van der Waals surface area contributed by atoms with Crippen LogP contribution < -0.4 is 10.2 Å². The van der Waals surface area contributed by atoms with Crippen molar-refractivity contribution in [1.82, 2.24) is 5.32 Å². The molecule has 0 bridgehead atoms. The van der Waals surface area contributed by atoms with Gasteiger partial charge in [0.05, 0.1) is 6.54 Å². The fourth-order valence-corrected chi connectivity index (χ4v) is 3.19. The van der Waals surface area contributed by atoms with Crippen LogP contribution in [0.3, 0.4) is 0 Å². The molecule has 0 aliphatic carbocycles. The van der Waals surface area contributed by atoms with Gasteiger partial charge in [0.25, 0.3) is 0 Å². The molecule has 0 saturated carbocycles. The lowest BCUT2D eigenvalue weighted by Gasteiger charge is -2.21. The number of nitrogens with one attached hydrogen (secondary N) is 1. The predicted molar refractivity (Wildman–Crippen MR) is 89.6 cm³/mol. The molecule has 2 rings (SSSR count). The zero-order chi connectivity index (χ0) is 14.4. The lowest BCUT2D eigenvalue weighted by molar-refractivity contribution is 0.537. The quantitative estimate of drug-likeness (QED) is 0.810. The summed E-state index contributed by atoms with van der Waals surface area (Å²) in [6.45, 7) is 6.37. The molecule has 1 aromatic carbocycles. The summed E-state index contributed by atoms with van der Waals surface area (Å²) in [6, 6.07) is 13.7. The smallest absolute Gasteiger partial charge is 0.0519 e. The maximum atomic E-state index is 3.52. The van der Waals surface area contributed by atoms with Crippen LogP contribution in [0.1, 0.15) is 36.8 Å². The molecule has 1 heterocycles. The zero-order valence-corrected chi connectivity index (χ0v) is 13.4. The van der Waals surface area contributed by atoms with Crippen molar-refractivity contribution in [2.75, 3.05) is 18.5 Å². The van der Waals surface area contributed by atoms with Crippen LogP contribution in [-0.2, 0) is 6.54 Å². The summed E-state index contributed by atoms with van der Waals surface area (Å²) >= 11 is 1.81. The van der Waals surface area contributed by atoms with Gasteiger partial charge in [-0.25, -0.2) is 0 Å². The molecule has 0 radical (unpaired) electrons. The molecule has 3 heteroatoms. The topological polar surface area (TPSA) is 15.3 Å². The summed E-state index contributed by atoms with van der Waals surface area (Å²) in [5.74, 6) is 0. The molecule has 108 valence electrons. The van der Waals surface area contributed by atoms with E-state index in [2.05, 4.69) is 72.9 Å². The first kappa shape index (κ1) is 15.1. The van der Waals surface area contributed by atoms with Crippen LogP contribution in [0.25, 0.3) is 0 Å². The van der Waals surface area contributed by atoms with Gasteiger partial charge >= 0.3 is 0 Å². The molecule has 1 unspecified atom stereocenters. The Hall–Kier alpha value is -1.32. The fourth-order valence-electron chi connectivity index (χ4n) is 2.43. The van der Waals surface area contributed by atoms with Gasteiger partial charge in [0, 0.05) is 23.7 Å². The van der Waals surface area contributed by atoms with Crippen molar-refractivity contribution in [3.63, 3.8) is 0 Å². The van der Waals surface area contributed by atoms with E-state index in [9.17, 15) is 0 Å². The first-order chi connectivity index (χ1) is 9.74. The monoisotopic (exact) mass is 288 g/mol. The highest BCUT2D eigenvalue weighted by Crippen LogP contribution is 2.22. The second kappa shape index (κ2) is 7.46. The molecule has 0 saturated heterocycles. The van der Waals surface area contributed by atoms with Crippen LogP contribution in [-0.4, -0.2) is 13.6 Å². The van der Waals surface area contributed by atoms with E-state index in [1.165, 1.54) is 16.1 Å². The van der Waals surface area contributed by atoms with Crippen molar-refractivity contribution < 1.29 is 0 Å². The SMILES string of the molecule is CCNC(CC)c1ccc(N(C)Cc2cccs2)cc1. The Morgan fingerprint density at radius 2 is 1.90 bits per heavy atom. The number of anilines is 1. The summed E-state index contributed by atoms with van der Waals surface area (Å²) in [4.78, 5) is 3.69. The molecule has 0 spiro atoms. The molecular weight excluding hydrogens is 264 g/mol. The van der Waals surface area contributed by atoms with E-state index in [0.29, 0.717) is 6.04 Å². The number of thiophene rings is 1. The number of hydrogen-bond acceptors (Lipinski definition) is 3. The third kappa shape index (κ3) is 3.84. The summed E-state index contributed by atoms with van der Waals surface area (Å²) in [6.07, 6.45) is 1.12. The van der Waals surface area contributed by atoms with Crippen molar-refractivity contribution in [3.8, 4) is 0 Å². The maximum Gasteiger partial charge on any atom is 0.0519 e. The lowest BCUT2D eigenvalue weighted by atomic mass is 10.0. The van der Waals surface area contributed by atoms with Gasteiger partial charge in [-0.15, -0.1) is 11.3 Å². The second-order valence-electron chi connectivity index (χ2n) is 5.05. The van der Waals surface area contributed by atoms with Crippen LogP contribution in [0.15, 0.2) is 41.8 Å². The van der Waals surface area contributed by atoms with E-state index in [-0.39, 0.29) is 0 Å². The number of benzene rings is 1. The van der Waals surface area contributed by atoms with Gasteiger partial charge < -0.3 is 10.2 Å². The van der Waals surface area contributed by atoms with Gasteiger partial charge in [-0.1, -0.05) is 32.0 Å². The van der Waals surface area contributed by atoms with E-state index in [1.54, 1.807) is 0 Å². The van der Waals surface area contributed by atoms with Crippen molar-refractivity contribution in [1.29, 1.82) is 0 Å². The molecule has 0 aliphatic rings. The minimum absolute atomic E-state index is 0.469. The van der Waals surface area contributed by atoms with Gasteiger partial charge in [-0.3, -0.25) is 0 Å². The number of nitrogens with zero attached hydrogens (tertiary/aromatic N) is 1. The van der Waals surface area contributed by atoms with Gasteiger partial charge in [0.1, 0.15) is 0 Å². The molecule has 2 aromatic rings. The molecule has 0 amide bonds.